The highest BCUT2D eigenvalue weighted by atomic mass is 127. The minimum absolute atomic E-state index is 0.00720. The van der Waals surface area contributed by atoms with E-state index in [0.717, 1.165) is 49.4 Å². The predicted octanol–water partition coefficient (Wildman–Crippen LogP) is 5.63. The summed E-state index contributed by atoms with van der Waals surface area (Å²) in [4.78, 5) is 10.3. The summed E-state index contributed by atoms with van der Waals surface area (Å²) in [5.41, 5.74) is 6.27. The highest BCUT2D eigenvalue weighted by Gasteiger charge is 2.54. The van der Waals surface area contributed by atoms with Gasteiger partial charge in [-0.15, -0.1) is 0 Å². The van der Waals surface area contributed by atoms with Crippen LogP contribution in [0.2, 0.25) is 0 Å². The van der Waals surface area contributed by atoms with Crippen LogP contribution in [0.3, 0.4) is 0 Å². The molecule has 0 N–H and O–H groups in total. The van der Waals surface area contributed by atoms with Gasteiger partial charge in [0.25, 0.3) is 0 Å². The molecule has 2 aliphatic carbocycles. The van der Waals surface area contributed by atoms with Gasteiger partial charge < -0.3 is 19.4 Å². The Labute approximate surface area is 208 Å². The fraction of sp³-hybridized carbons (Fsp3) is 0.333. The zero-order valence-corrected chi connectivity index (χ0v) is 21.1. The molecule has 0 radical (unpaired) electrons. The van der Waals surface area contributed by atoms with Gasteiger partial charge >= 0.3 is 0 Å². The third-order valence-corrected chi connectivity index (χ3v) is 9.51. The Kier molecular flexibility index (Phi) is 4.66. The zero-order valence-electron chi connectivity index (χ0n) is 18.9. The molecule has 2 aromatic carbocycles. The summed E-state index contributed by atoms with van der Waals surface area (Å²) >= 11 is 0.0271. The van der Waals surface area contributed by atoms with Crippen molar-refractivity contribution >= 4 is 42.5 Å². The number of amidine groups is 1. The quantitative estimate of drug-likeness (QED) is 0.450. The molecule has 0 amide bonds. The molecule has 0 bridgehead atoms. The Balaban J connectivity index is 1.25. The molecule has 1 saturated heterocycles. The van der Waals surface area contributed by atoms with E-state index in [2.05, 4.69) is 50.4 Å². The summed E-state index contributed by atoms with van der Waals surface area (Å²) in [6.07, 6.45) is 8.73. The first-order valence-electron chi connectivity index (χ1n) is 11.8. The van der Waals surface area contributed by atoms with Crippen molar-refractivity contribution in [3.05, 3.63) is 80.0 Å². The minimum atomic E-state index is -0.226. The lowest BCUT2D eigenvalue weighted by Gasteiger charge is -2.43. The number of nitrogens with zero attached hydrogens (tertiary/aromatic N) is 3. The lowest BCUT2D eigenvalue weighted by Crippen LogP contribution is -2.51. The Bertz CT molecular complexity index is 1310. The number of halogens is 2. The van der Waals surface area contributed by atoms with Crippen molar-refractivity contribution in [2.45, 2.75) is 44.2 Å². The molecular formula is C27H25FIN3O2. The maximum atomic E-state index is 13.5. The second-order valence-corrected chi connectivity index (χ2v) is 12.5. The highest BCUT2D eigenvalue weighted by Crippen LogP contribution is 2.48. The standard InChI is InChI=1S/C27H25FIN3O2/c1-17-13-31(16-29-17)23-9-4-19(21-7-8-22(21)23)12-25-26-30-33-14-24(18-2-5-20(28)6-3-18)32(26)15-27(34-25)10-11-27/h2-6,9,12-13,16,24H,7-8,10-11,14-15H2,1H3/b25-12-. The molecule has 5 aliphatic rings. The molecule has 7 rings (SSSR count). The van der Waals surface area contributed by atoms with Crippen LogP contribution >= 0.6 is 20.7 Å². The Morgan fingerprint density at radius 2 is 1.94 bits per heavy atom. The van der Waals surface area contributed by atoms with Crippen LogP contribution in [0.15, 0.2) is 57.1 Å². The molecule has 1 saturated carbocycles. The fourth-order valence-corrected chi connectivity index (χ4v) is 6.93. The SMILES string of the molecule is CC1=CN(c2ccc(/C=C3\OC4(CC4)CN4C3=NOCC4c3ccc(F)cc3)c3c2CC3)C=I1. The normalized spacial score (nSPS) is 24.9. The molecule has 5 nitrogen and oxygen atoms in total. The molecule has 174 valence electrons. The van der Waals surface area contributed by atoms with E-state index in [4.69, 9.17) is 9.57 Å². The Morgan fingerprint density at radius 1 is 1.12 bits per heavy atom. The van der Waals surface area contributed by atoms with Gasteiger partial charge in [0.2, 0.25) is 5.84 Å². The summed E-state index contributed by atoms with van der Waals surface area (Å²) in [6.45, 7) is 3.45. The van der Waals surface area contributed by atoms with Gasteiger partial charge in [-0.2, -0.15) is 0 Å². The lowest BCUT2D eigenvalue weighted by molar-refractivity contribution is -0.00393. The van der Waals surface area contributed by atoms with Crippen molar-refractivity contribution in [3.8, 4) is 0 Å². The minimum Gasteiger partial charge on any atom is -0.481 e. The number of morpholine rings is 1. The molecule has 2 fully saturated rings. The van der Waals surface area contributed by atoms with E-state index in [-0.39, 0.29) is 38.2 Å². The van der Waals surface area contributed by atoms with Crippen LogP contribution in [0, 0.1) is 5.82 Å². The first-order valence-corrected chi connectivity index (χ1v) is 14.1. The molecule has 2 aromatic rings. The molecule has 1 atom stereocenters. The van der Waals surface area contributed by atoms with Gasteiger partial charge in [-0.1, -0.05) is 44.1 Å². The summed E-state index contributed by atoms with van der Waals surface area (Å²) < 4.78 is 24.0. The van der Waals surface area contributed by atoms with E-state index in [1.54, 1.807) is 0 Å². The fourth-order valence-electron chi connectivity index (χ4n) is 5.27. The maximum Gasteiger partial charge on any atom is 0.211 e. The van der Waals surface area contributed by atoms with Crippen LogP contribution in [0.5, 0.6) is 0 Å². The van der Waals surface area contributed by atoms with E-state index in [1.807, 2.05) is 12.1 Å². The van der Waals surface area contributed by atoms with Gasteiger partial charge in [0.1, 0.15) is 18.0 Å². The maximum absolute atomic E-state index is 13.5. The van der Waals surface area contributed by atoms with E-state index in [1.165, 1.54) is 38.1 Å². The van der Waals surface area contributed by atoms with Crippen LogP contribution < -0.4 is 4.90 Å². The number of rotatable bonds is 3. The molecule has 0 aromatic heterocycles. The summed E-state index contributed by atoms with van der Waals surface area (Å²) in [7, 11) is 0. The van der Waals surface area contributed by atoms with Gasteiger partial charge in [-0.05, 0) is 79.1 Å². The van der Waals surface area contributed by atoms with Crippen molar-refractivity contribution in [2.24, 2.45) is 5.16 Å². The Morgan fingerprint density at radius 3 is 2.65 bits per heavy atom. The number of ether oxygens (including phenoxy) is 1. The molecule has 1 unspecified atom stereocenters. The number of hydrogen-bond acceptors (Lipinski definition) is 5. The average molecular weight is 569 g/mol. The smallest absolute Gasteiger partial charge is 0.211 e. The predicted molar refractivity (Wildman–Crippen MR) is 140 cm³/mol. The third-order valence-electron chi connectivity index (χ3n) is 7.37. The van der Waals surface area contributed by atoms with Crippen LogP contribution in [0.1, 0.15) is 48.1 Å². The molecule has 34 heavy (non-hydrogen) atoms. The summed E-state index contributed by atoms with van der Waals surface area (Å²) in [6, 6.07) is 11.2. The van der Waals surface area contributed by atoms with Crippen molar-refractivity contribution in [1.82, 2.24) is 4.90 Å². The number of hydrogen-bond donors (Lipinski definition) is 0. The highest BCUT2D eigenvalue weighted by molar-refractivity contribution is 14.2. The summed E-state index contributed by atoms with van der Waals surface area (Å²) in [5.74, 6) is 1.30. The monoisotopic (exact) mass is 569 g/mol. The second-order valence-electron chi connectivity index (χ2n) is 9.66. The number of anilines is 1. The number of oxime groups is 1. The summed E-state index contributed by atoms with van der Waals surface area (Å²) in [5, 5.41) is 4.43. The zero-order chi connectivity index (χ0) is 22.9. The van der Waals surface area contributed by atoms with Crippen molar-refractivity contribution in [1.29, 1.82) is 0 Å². The van der Waals surface area contributed by atoms with E-state index in [9.17, 15) is 4.39 Å². The number of benzene rings is 2. The average Bonchev–Trinajstić information content (AvgIpc) is 3.40. The Hall–Kier alpha value is -2.68. The van der Waals surface area contributed by atoms with Crippen molar-refractivity contribution in [2.75, 3.05) is 18.1 Å². The van der Waals surface area contributed by atoms with Crippen molar-refractivity contribution in [3.63, 3.8) is 0 Å². The number of fused-ring (bicyclic) bond motifs is 2. The van der Waals surface area contributed by atoms with Crippen LogP contribution in [-0.4, -0.2) is 33.6 Å². The van der Waals surface area contributed by atoms with Crippen molar-refractivity contribution < 1.29 is 14.0 Å². The topological polar surface area (TPSA) is 37.3 Å². The van der Waals surface area contributed by atoms with E-state index < -0.39 is 0 Å². The van der Waals surface area contributed by atoms with Crippen LogP contribution in [0.4, 0.5) is 10.1 Å². The van der Waals surface area contributed by atoms with E-state index >= 15 is 0 Å². The van der Waals surface area contributed by atoms with Gasteiger partial charge in [-0.3, -0.25) is 0 Å². The molecule has 3 aliphatic heterocycles. The van der Waals surface area contributed by atoms with E-state index in [0.29, 0.717) is 6.61 Å². The first kappa shape index (κ1) is 20.7. The molecule has 3 heterocycles. The number of allylic oxidation sites excluding steroid dienone is 1. The van der Waals surface area contributed by atoms with Crippen LogP contribution in [-0.2, 0) is 22.4 Å². The largest absolute Gasteiger partial charge is 0.481 e. The molecular weight excluding hydrogens is 544 g/mol. The lowest BCUT2D eigenvalue weighted by atomic mass is 9.82. The first-order chi connectivity index (χ1) is 16.6. The second kappa shape index (κ2) is 7.66. The van der Waals surface area contributed by atoms with Gasteiger partial charge in [-0.25, -0.2) is 4.39 Å². The van der Waals surface area contributed by atoms with Gasteiger partial charge in [0.05, 0.1) is 12.6 Å². The van der Waals surface area contributed by atoms with Crippen LogP contribution in [0.25, 0.3) is 6.08 Å². The van der Waals surface area contributed by atoms with Gasteiger partial charge in [0, 0.05) is 19.6 Å². The molecule has 1 spiro atoms. The third kappa shape index (κ3) is 3.39. The van der Waals surface area contributed by atoms with Gasteiger partial charge in [0.15, 0.2) is 5.76 Å². The molecule has 7 heteroatoms.